The van der Waals surface area contributed by atoms with Crippen molar-refractivity contribution in [1.29, 1.82) is 0 Å². The van der Waals surface area contributed by atoms with E-state index in [1.165, 1.54) is 24.0 Å². The van der Waals surface area contributed by atoms with E-state index in [-0.39, 0.29) is 11.3 Å². The van der Waals surface area contributed by atoms with Crippen LogP contribution in [-0.2, 0) is 13.0 Å². The second-order valence-corrected chi connectivity index (χ2v) is 11.3. The lowest BCUT2D eigenvalue weighted by Crippen LogP contribution is -2.48. The van der Waals surface area contributed by atoms with E-state index in [2.05, 4.69) is 50.1 Å². The first-order valence-corrected chi connectivity index (χ1v) is 14.4. The molecule has 0 unspecified atom stereocenters. The molecule has 39 heavy (non-hydrogen) atoms. The van der Waals surface area contributed by atoms with Gasteiger partial charge >= 0.3 is 0 Å². The molecule has 1 amide bonds. The molecule has 1 N–H and O–H groups in total. The third-order valence-electron chi connectivity index (χ3n) is 8.64. The number of ether oxygens (including phenoxy) is 1. The van der Waals surface area contributed by atoms with Gasteiger partial charge in [0.25, 0.3) is 5.91 Å². The lowest BCUT2D eigenvalue weighted by molar-refractivity contribution is 0.0361. The summed E-state index contributed by atoms with van der Waals surface area (Å²) < 4.78 is 6.31. The molecule has 1 saturated heterocycles. The molecule has 0 radical (unpaired) electrons. The largest absolute Gasteiger partial charge is 0.492 e. The highest BCUT2D eigenvalue weighted by Gasteiger charge is 2.37. The van der Waals surface area contributed by atoms with Crippen LogP contribution in [0.25, 0.3) is 10.9 Å². The fraction of sp³-hybridized carbons (Fsp3) is 0.394. The number of para-hydroxylation sites is 1. The summed E-state index contributed by atoms with van der Waals surface area (Å²) in [6.45, 7) is 5.02. The highest BCUT2D eigenvalue weighted by molar-refractivity contribution is 5.98. The van der Waals surface area contributed by atoms with Gasteiger partial charge in [0.15, 0.2) is 0 Å². The summed E-state index contributed by atoms with van der Waals surface area (Å²) >= 11 is 0. The van der Waals surface area contributed by atoms with Crippen LogP contribution < -0.4 is 4.74 Å². The number of amides is 1. The zero-order chi connectivity index (χ0) is 26.5. The quantitative estimate of drug-likeness (QED) is 0.354. The maximum Gasteiger partial charge on any atom is 0.253 e. The van der Waals surface area contributed by atoms with Crippen LogP contribution >= 0.6 is 0 Å². The molecule has 2 aliphatic rings. The maximum atomic E-state index is 13.4. The van der Waals surface area contributed by atoms with Crippen LogP contribution in [0.2, 0.25) is 0 Å². The predicted molar refractivity (Wildman–Crippen MR) is 155 cm³/mol. The second kappa shape index (κ2) is 11.6. The van der Waals surface area contributed by atoms with Crippen molar-refractivity contribution in [3.05, 3.63) is 95.9 Å². The Morgan fingerprint density at radius 3 is 2.74 bits per heavy atom. The molecule has 0 atom stereocenters. The molecule has 2 aromatic carbocycles. The van der Waals surface area contributed by atoms with Gasteiger partial charge in [-0.3, -0.25) is 14.7 Å². The third-order valence-corrected chi connectivity index (χ3v) is 8.64. The molecule has 2 aliphatic heterocycles. The molecule has 0 bridgehead atoms. The summed E-state index contributed by atoms with van der Waals surface area (Å²) in [6.07, 6.45) is 12.4. The van der Waals surface area contributed by atoms with Crippen molar-refractivity contribution in [2.75, 3.05) is 32.8 Å². The standard InChI is InChI=1S/C33H38N4O2/c38-32(29-11-10-27-12-17-35-30(27)22-29)37-18-14-33(15-19-37)13-4-3-8-28-7-1-2-9-31(28)39-21-20-36(25-33)24-26-6-5-16-34-23-26/h1-2,5-7,9-12,16-17,22-23,35H,3-4,8,13-15,18-21,24-25H2. The summed E-state index contributed by atoms with van der Waals surface area (Å²) in [7, 11) is 0. The Hall–Kier alpha value is -3.64. The molecule has 0 saturated carbocycles. The fourth-order valence-electron chi connectivity index (χ4n) is 6.42. The van der Waals surface area contributed by atoms with Crippen LogP contribution in [0.1, 0.15) is 53.6 Å². The van der Waals surface area contributed by atoms with E-state index in [1.807, 2.05) is 48.9 Å². The number of rotatable bonds is 3. The normalized spacial score (nSPS) is 18.6. The molecular formula is C33H38N4O2. The van der Waals surface area contributed by atoms with Gasteiger partial charge in [0, 0.05) is 62.4 Å². The van der Waals surface area contributed by atoms with Gasteiger partial charge in [-0.1, -0.05) is 36.8 Å². The lowest BCUT2D eigenvalue weighted by atomic mass is 9.73. The molecule has 4 aromatic rings. The number of pyridine rings is 1. The number of benzene rings is 2. The Morgan fingerprint density at radius 2 is 1.87 bits per heavy atom. The average molecular weight is 523 g/mol. The van der Waals surface area contributed by atoms with E-state index >= 15 is 0 Å². The van der Waals surface area contributed by atoms with Crippen LogP contribution in [0.15, 0.2) is 79.3 Å². The minimum absolute atomic E-state index is 0.145. The first-order chi connectivity index (χ1) is 19.2. The van der Waals surface area contributed by atoms with Crippen molar-refractivity contribution in [3.8, 4) is 5.75 Å². The Morgan fingerprint density at radius 1 is 0.974 bits per heavy atom. The van der Waals surface area contributed by atoms with Gasteiger partial charge in [0.1, 0.15) is 12.4 Å². The lowest BCUT2D eigenvalue weighted by Gasteiger charge is -2.45. The molecule has 0 aliphatic carbocycles. The predicted octanol–water partition coefficient (Wildman–Crippen LogP) is 6.09. The number of nitrogens with one attached hydrogen (secondary N) is 1. The van der Waals surface area contributed by atoms with Gasteiger partial charge in [-0.2, -0.15) is 0 Å². The molecule has 1 fully saturated rings. The number of carbonyl (C=O) groups excluding carboxylic acids is 1. The first kappa shape index (κ1) is 25.6. The van der Waals surface area contributed by atoms with E-state index in [4.69, 9.17) is 4.74 Å². The number of hydrogen-bond donors (Lipinski definition) is 1. The van der Waals surface area contributed by atoms with Crippen molar-refractivity contribution in [3.63, 3.8) is 0 Å². The first-order valence-electron chi connectivity index (χ1n) is 14.4. The van der Waals surface area contributed by atoms with Crippen LogP contribution in [0.5, 0.6) is 5.75 Å². The molecule has 4 heterocycles. The molecule has 6 rings (SSSR count). The van der Waals surface area contributed by atoms with E-state index in [9.17, 15) is 4.79 Å². The minimum Gasteiger partial charge on any atom is -0.492 e. The smallest absolute Gasteiger partial charge is 0.253 e. The van der Waals surface area contributed by atoms with Crippen LogP contribution in [0.4, 0.5) is 0 Å². The van der Waals surface area contributed by atoms with Gasteiger partial charge < -0.3 is 14.6 Å². The maximum absolute atomic E-state index is 13.4. The Labute approximate surface area is 231 Å². The van der Waals surface area contributed by atoms with Crippen molar-refractivity contribution >= 4 is 16.8 Å². The van der Waals surface area contributed by atoms with Crippen LogP contribution in [0, 0.1) is 5.41 Å². The number of nitrogens with zero attached hydrogens (tertiary/aromatic N) is 3. The monoisotopic (exact) mass is 522 g/mol. The fourth-order valence-corrected chi connectivity index (χ4v) is 6.42. The Balaban J connectivity index is 1.19. The summed E-state index contributed by atoms with van der Waals surface area (Å²) in [6, 6.07) is 20.7. The van der Waals surface area contributed by atoms with E-state index < -0.39 is 0 Å². The molecule has 202 valence electrons. The SMILES string of the molecule is O=C(c1ccc2cc[nH]c2c1)N1CCC2(CCCCc3ccccc3OCCN(Cc3cccnc3)C2)CC1. The van der Waals surface area contributed by atoms with Gasteiger partial charge in [0.2, 0.25) is 0 Å². The van der Waals surface area contributed by atoms with E-state index in [0.717, 1.165) is 80.6 Å². The Bertz CT molecular complexity index is 1390. The second-order valence-electron chi connectivity index (χ2n) is 11.3. The highest BCUT2D eigenvalue weighted by atomic mass is 16.5. The Kier molecular flexibility index (Phi) is 7.64. The number of hydrogen-bond acceptors (Lipinski definition) is 4. The topological polar surface area (TPSA) is 61.5 Å². The molecular weight excluding hydrogens is 484 g/mol. The van der Waals surface area contributed by atoms with Crippen molar-refractivity contribution in [1.82, 2.24) is 19.8 Å². The molecule has 2 aromatic heterocycles. The van der Waals surface area contributed by atoms with Crippen molar-refractivity contribution in [2.24, 2.45) is 5.41 Å². The number of H-pyrrole nitrogens is 1. The zero-order valence-electron chi connectivity index (χ0n) is 22.6. The molecule has 6 heteroatoms. The average Bonchev–Trinajstić information content (AvgIpc) is 3.44. The third kappa shape index (κ3) is 6.01. The van der Waals surface area contributed by atoms with E-state index in [1.54, 1.807) is 0 Å². The summed E-state index contributed by atoms with van der Waals surface area (Å²) in [5.74, 6) is 1.17. The number of aryl methyl sites for hydroxylation is 1. The van der Waals surface area contributed by atoms with Crippen LogP contribution in [-0.4, -0.2) is 58.5 Å². The summed E-state index contributed by atoms with van der Waals surface area (Å²) in [4.78, 5) is 25.7. The summed E-state index contributed by atoms with van der Waals surface area (Å²) in [5, 5.41) is 1.14. The highest BCUT2D eigenvalue weighted by Crippen LogP contribution is 2.39. The number of likely N-dealkylation sites (tertiary alicyclic amines) is 1. The number of fused-ring (bicyclic) bond motifs is 2. The van der Waals surface area contributed by atoms with Crippen molar-refractivity contribution < 1.29 is 9.53 Å². The number of aromatic amines is 1. The van der Waals surface area contributed by atoms with Crippen LogP contribution in [0.3, 0.4) is 0 Å². The van der Waals surface area contributed by atoms with Crippen molar-refractivity contribution in [2.45, 2.75) is 45.1 Å². The molecule has 6 nitrogen and oxygen atoms in total. The molecule has 1 spiro atoms. The number of aromatic nitrogens is 2. The zero-order valence-corrected chi connectivity index (χ0v) is 22.6. The van der Waals surface area contributed by atoms with Gasteiger partial charge in [0.05, 0.1) is 0 Å². The number of piperidine rings is 1. The van der Waals surface area contributed by atoms with Gasteiger partial charge in [-0.05, 0) is 84.4 Å². The van der Waals surface area contributed by atoms with Gasteiger partial charge in [-0.25, -0.2) is 0 Å². The van der Waals surface area contributed by atoms with Gasteiger partial charge in [-0.15, -0.1) is 0 Å². The minimum atomic E-state index is 0.145. The van der Waals surface area contributed by atoms with E-state index in [0.29, 0.717) is 6.61 Å². The number of carbonyl (C=O) groups is 1. The summed E-state index contributed by atoms with van der Waals surface area (Å²) in [5.41, 5.74) is 4.52.